The number of ether oxygens (including phenoxy) is 1. The Kier molecular flexibility index (Phi) is 6.08. The lowest BCUT2D eigenvalue weighted by Gasteiger charge is -2.10. The molecule has 3 heterocycles. The first-order valence-electron chi connectivity index (χ1n) is 10.1. The molecule has 31 heavy (non-hydrogen) atoms. The minimum absolute atomic E-state index is 0.0603. The Labute approximate surface area is 185 Å². The molecular weight excluding hydrogens is 410 g/mol. The van der Waals surface area contributed by atoms with Crippen LogP contribution < -0.4 is 10.3 Å². The summed E-state index contributed by atoms with van der Waals surface area (Å²) in [5.41, 5.74) is 4.17. The maximum Gasteiger partial charge on any atom is 0.261 e. The summed E-state index contributed by atoms with van der Waals surface area (Å²) >= 11 is 1.58. The van der Waals surface area contributed by atoms with Crippen molar-refractivity contribution >= 4 is 17.4 Å². The van der Waals surface area contributed by atoms with Gasteiger partial charge in [0.1, 0.15) is 17.2 Å². The molecule has 0 atom stereocenters. The molecule has 160 valence electrons. The summed E-state index contributed by atoms with van der Waals surface area (Å²) in [6, 6.07) is 11.8. The molecule has 0 N–H and O–H groups in total. The normalized spacial score (nSPS) is 11.2. The van der Waals surface area contributed by atoms with E-state index in [-0.39, 0.29) is 5.56 Å². The van der Waals surface area contributed by atoms with E-state index in [1.54, 1.807) is 22.4 Å². The largest absolute Gasteiger partial charge is 0.493 e. The minimum atomic E-state index is -0.0603. The van der Waals surface area contributed by atoms with Crippen LogP contribution in [0.4, 0.5) is 0 Å². The van der Waals surface area contributed by atoms with Crippen LogP contribution in [0, 0.1) is 20.8 Å². The van der Waals surface area contributed by atoms with E-state index >= 15 is 0 Å². The lowest BCUT2D eigenvalue weighted by molar-refractivity contribution is 0.343. The summed E-state index contributed by atoms with van der Waals surface area (Å²) in [7, 11) is 1.92. The topological polar surface area (TPSA) is 74.3 Å². The Bertz CT molecular complexity index is 1280. The van der Waals surface area contributed by atoms with Gasteiger partial charge in [0, 0.05) is 36.7 Å². The molecule has 0 amide bonds. The van der Waals surface area contributed by atoms with E-state index < -0.39 is 0 Å². The molecule has 0 aliphatic heterocycles. The minimum Gasteiger partial charge on any atom is -0.493 e. The summed E-state index contributed by atoms with van der Waals surface area (Å²) < 4.78 is 9.31. The van der Waals surface area contributed by atoms with E-state index in [1.165, 1.54) is 5.56 Å². The van der Waals surface area contributed by atoms with Crippen molar-refractivity contribution in [3.8, 4) is 5.75 Å². The van der Waals surface area contributed by atoms with Gasteiger partial charge in [-0.2, -0.15) is 0 Å². The van der Waals surface area contributed by atoms with Crippen molar-refractivity contribution in [2.75, 3.05) is 12.4 Å². The molecule has 4 rings (SSSR count). The Morgan fingerprint density at radius 3 is 2.61 bits per heavy atom. The molecule has 0 aliphatic carbocycles. The Hall–Kier alpha value is -3.13. The zero-order chi connectivity index (χ0) is 22.0. The first-order chi connectivity index (χ1) is 14.9. The summed E-state index contributed by atoms with van der Waals surface area (Å²) in [4.78, 5) is 17.7. The van der Waals surface area contributed by atoms with Crippen molar-refractivity contribution in [2.45, 2.75) is 32.3 Å². The average molecular weight is 436 g/mol. The SMILES string of the molecule is Cc1ccc(OCCSc2nnc(Cc3c(C)nc4c(C)cccn4c3=O)n2C)cc1. The van der Waals surface area contributed by atoms with Gasteiger partial charge in [-0.15, -0.1) is 10.2 Å². The Balaban J connectivity index is 1.45. The smallest absolute Gasteiger partial charge is 0.261 e. The van der Waals surface area contributed by atoms with Crippen LogP contribution in [0.5, 0.6) is 5.75 Å². The van der Waals surface area contributed by atoms with E-state index in [1.807, 2.05) is 61.9 Å². The molecule has 8 heteroatoms. The van der Waals surface area contributed by atoms with Gasteiger partial charge in [0.2, 0.25) is 0 Å². The van der Waals surface area contributed by atoms with Crippen molar-refractivity contribution in [3.63, 3.8) is 0 Å². The van der Waals surface area contributed by atoms with Crippen LogP contribution in [-0.2, 0) is 13.5 Å². The van der Waals surface area contributed by atoms with Crippen LogP contribution >= 0.6 is 11.8 Å². The highest BCUT2D eigenvalue weighted by atomic mass is 32.2. The second-order valence-electron chi connectivity index (χ2n) is 7.51. The molecule has 0 saturated heterocycles. The third-order valence-electron chi connectivity index (χ3n) is 5.21. The molecule has 0 unspecified atom stereocenters. The van der Waals surface area contributed by atoms with E-state index in [2.05, 4.69) is 22.1 Å². The molecule has 1 aromatic carbocycles. The summed E-state index contributed by atoms with van der Waals surface area (Å²) in [6.07, 6.45) is 2.14. The van der Waals surface area contributed by atoms with Crippen LogP contribution in [0.2, 0.25) is 0 Å². The molecule has 7 nitrogen and oxygen atoms in total. The molecule has 4 aromatic rings. The zero-order valence-corrected chi connectivity index (χ0v) is 18.9. The number of benzene rings is 1. The number of thioether (sulfide) groups is 1. The van der Waals surface area contributed by atoms with Crippen LogP contribution in [0.1, 0.15) is 28.2 Å². The molecule has 0 fully saturated rings. The fraction of sp³-hybridized carbons (Fsp3) is 0.304. The predicted octanol–water partition coefficient (Wildman–Crippen LogP) is 3.51. The van der Waals surface area contributed by atoms with Gasteiger partial charge in [-0.25, -0.2) is 4.98 Å². The van der Waals surface area contributed by atoms with Crippen molar-refractivity contribution in [1.29, 1.82) is 0 Å². The third-order valence-corrected chi connectivity index (χ3v) is 6.20. The third kappa shape index (κ3) is 4.49. The summed E-state index contributed by atoms with van der Waals surface area (Å²) in [5, 5.41) is 9.40. The van der Waals surface area contributed by atoms with Crippen molar-refractivity contribution in [3.05, 3.63) is 81.2 Å². The molecule has 0 radical (unpaired) electrons. The van der Waals surface area contributed by atoms with E-state index in [4.69, 9.17) is 4.74 Å². The lowest BCUT2D eigenvalue weighted by atomic mass is 10.1. The number of hydrogen-bond acceptors (Lipinski definition) is 6. The fourth-order valence-electron chi connectivity index (χ4n) is 3.35. The molecule has 0 aliphatic rings. The van der Waals surface area contributed by atoms with Crippen LogP contribution in [0.3, 0.4) is 0 Å². The number of nitrogens with zero attached hydrogens (tertiary/aromatic N) is 5. The standard InChI is InChI=1S/C23H25N5O2S/c1-15-7-9-18(10-8-15)30-12-13-31-23-26-25-20(27(23)4)14-19-17(3)24-21-16(2)6-5-11-28(21)22(19)29/h5-11H,12-14H2,1-4H3. The summed E-state index contributed by atoms with van der Waals surface area (Å²) in [6.45, 7) is 6.45. The van der Waals surface area contributed by atoms with Crippen LogP contribution in [-0.4, -0.2) is 36.5 Å². The summed E-state index contributed by atoms with van der Waals surface area (Å²) in [5.74, 6) is 2.34. The van der Waals surface area contributed by atoms with E-state index in [0.29, 0.717) is 24.2 Å². The molecule has 3 aromatic heterocycles. The van der Waals surface area contributed by atoms with Gasteiger partial charge in [-0.1, -0.05) is 35.5 Å². The van der Waals surface area contributed by atoms with Crippen LogP contribution in [0.25, 0.3) is 5.65 Å². The van der Waals surface area contributed by atoms with Gasteiger partial charge in [-0.3, -0.25) is 9.20 Å². The van der Waals surface area contributed by atoms with Gasteiger partial charge in [0.25, 0.3) is 5.56 Å². The molecule has 0 saturated carbocycles. The molecular formula is C23H25N5O2S. The number of rotatable bonds is 7. The number of aryl methyl sites for hydroxylation is 3. The van der Waals surface area contributed by atoms with Gasteiger partial charge >= 0.3 is 0 Å². The first-order valence-corrected chi connectivity index (χ1v) is 11.1. The van der Waals surface area contributed by atoms with Gasteiger partial charge < -0.3 is 9.30 Å². The Morgan fingerprint density at radius 1 is 1.06 bits per heavy atom. The second kappa shape index (κ2) is 8.93. The lowest BCUT2D eigenvalue weighted by Crippen LogP contribution is -2.23. The highest BCUT2D eigenvalue weighted by Crippen LogP contribution is 2.19. The van der Waals surface area contributed by atoms with E-state index in [9.17, 15) is 4.79 Å². The van der Waals surface area contributed by atoms with Gasteiger partial charge in [0.05, 0.1) is 6.61 Å². The number of pyridine rings is 1. The predicted molar refractivity (Wildman–Crippen MR) is 122 cm³/mol. The number of fused-ring (bicyclic) bond motifs is 1. The maximum absolute atomic E-state index is 13.0. The zero-order valence-electron chi connectivity index (χ0n) is 18.1. The highest BCUT2D eigenvalue weighted by Gasteiger charge is 2.16. The Morgan fingerprint density at radius 2 is 1.84 bits per heavy atom. The fourth-order valence-corrected chi connectivity index (χ4v) is 4.10. The quantitative estimate of drug-likeness (QED) is 0.327. The number of aromatic nitrogens is 5. The van der Waals surface area contributed by atoms with Gasteiger partial charge in [0.15, 0.2) is 5.16 Å². The van der Waals surface area contributed by atoms with Gasteiger partial charge in [-0.05, 0) is 44.5 Å². The van der Waals surface area contributed by atoms with Crippen molar-refractivity contribution < 1.29 is 4.74 Å². The monoisotopic (exact) mass is 435 g/mol. The molecule has 0 bridgehead atoms. The van der Waals surface area contributed by atoms with Crippen molar-refractivity contribution in [2.24, 2.45) is 7.05 Å². The van der Waals surface area contributed by atoms with Crippen molar-refractivity contribution in [1.82, 2.24) is 24.1 Å². The van der Waals surface area contributed by atoms with E-state index in [0.717, 1.165) is 33.7 Å². The average Bonchev–Trinajstić information content (AvgIpc) is 3.10. The second-order valence-corrected chi connectivity index (χ2v) is 8.57. The highest BCUT2D eigenvalue weighted by molar-refractivity contribution is 7.99. The van der Waals surface area contributed by atoms with Crippen LogP contribution in [0.15, 0.2) is 52.5 Å². The maximum atomic E-state index is 13.0. The first kappa shape index (κ1) is 21.1. The number of hydrogen-bond donors (Lipinski definition) is 0. The molecule has 0 spiro atoms.